The Morgan fingerprint density at radius 2 is 1.66 bits per heavy atom. The molecule has 0 aromatic heterocycles. The minimum atomic E-state index is -0.284. The number of hydrogen-bond donors (Lipinski definition) is 2. The largest absolute Gasteiger partial charge is 0.369 e. The van der Waals surface area contributed by atoms with Crippen LogP contribution in [0.15, 0.2) is 48.5 Å². The normalized spacial score (nSPS) is 14.4. The van der Waals surface area contributed by atoms with Crippen LogP contribution in [-0.2, 0) is 4.79 Å². The Morgan fingerprint density at radius 3 is 2.32 bits per heavy atom. The zero-order valence-corrected chi connectivity index (χ0v) is 23.3. The SMILES string of the molecule is CCCNC(=O)Nc1ccc(N2CCCN(C(=O)[C@@H](CC)c3ccccc3)CC2)c(C(=O)N(CC)CC)c1. The predicted molar refractivity (Wildman–Crippen MR) is 154 cm³/mol. The highest BCUT2D eigenvalue weighted by atomic mass is 16.2. The Hall–Kier alpha value is -3.55. The lowest BCUT2D eigenvalue weighted by molar-refractivity contribution is -0.132. The monoisotopic (exact) mass is 521 g/mol. The molecule has 8 heteroatoms. The van der Waals surface area contributed by atoms with Crippen LogP contribution in [0.4, 0.5) is 16.2 Å². The van der Waals surface area contributed by atoms with E-state index in [9.17, 15) is 14.4 Å². The lowest BCUT2D eigenvalue weighted by atomic mass is 9.95. The second-order valence-corrected chi connectivity index (χ2v) is 9.63. The Balaban J connectivity index is 1.82. The summed E-state index contributed by atoms with van der Waals surface area (Å²) in [6, 6.07) is 15.2. The molecule has 3 rings (SSSR count). The number of nitrogens with one attached hydrogen (secondary N) is 2. The van der Waals surface area contributed by atoms with Crippen molar-refractivity contribution in [1.29, 1.82) is 0 Å². The minimum absolute atomic E-state index is 0.0603. The van der Waals surface area contributed by atoms with Crippen molar-refractivity contribution in [3.63, 3.8) is 0 Å². The molecule has 0 bridgehead atoms. The van der Waals surface area contributed by atoms with Crippen molar-refractivity contribution >= 4 is 29.2 Å². The van der Waals surface area contributed by atoms with Crippen LogP contribution in [-0.4, -0.2) is 73.5 Å². The van der Waals surface area contributed by atoms with Crippen LogP contribution in [0.5, 0.6) is 0 Å². The number of carbonyl (C=O) groups excluding carboxylic acids is 3. The molecule has 1 fully saturated rings. The molecule has 206 valence electrons. The van der Waals surface area contributed by atoms with Crippen LogP contribution in [0.1, 0.15) is 68.8 Å². The third-order valence-electron chi connectivity index (χ3n) is 7.13. The van der Waals surface area contributed by atoms with Crippen molar-refractivity contribution in [2.45, 2.75) is 52.9 Å². The molecule has 0 aliphatic carbocycles. The first-order valence-corrected chi connectivity index (χ1v) is 14.0. The van der Waals surface area contributed by atoms with Crippen molar-refractivity contribution in [3.05, 3.63) is 59.7 Å². The highest BCUT2D eigenvalue weighted by Gasteiger charge is 2.28. The molecule has 1 aliphatic rings. The van der Waals surface area contributed by atoms with Gasteiger partial charge in [0.25, 0.3) is 5.91 Å². The zero-order chi connectivity index (χ0) is 27.5. The second-order valence-electron chi connectivity index (χ2n) is 9.63. The van der Waals surface area contributed by atoms with Crippen molar-refractivity contribution < 1.29 is 14.4 Å². The number of benzene rings is 2. The van der Waals surface area contributed by atoms with Gasteiger partial charge in [0.05, 0.1) is 11.5 Å². The number of urea groups is 1. The average Bonchev–Trinajstić information content (AvgIpc) is 3.20. The first-order chi connectivity index (χ1) is 18.4. The summed E-state index contributed by atoms with van der Waals surface area (Å²) in [7, 11) is 0. The van der Waals surface area contributed by atoms with Gasteiger partial charge in [0.2, 0.25) is 5.91 Å². The van der Waals surface area contributed by atoms with Crippen LogP contribution >= 0.6 is 0 Å². The first kappa shape index (κ1) is 29.0. The van der Waals surface area contributed by atoms with E-state index in [4.69, 9.17) is 0 Å². The van der Waals surface area contributed by atoms with Gasteiger partial charge in [-0.3, -0.25) is 9.59 Å². The molecule has 2 aromatic carbocycles. The number of amides is 4. The van der Waals surface area contributed by atoms with E-state index in [-0.39, 0.29) is 23.8 Å². The zero-order valence-electron chi connectivity index (χ0n) is 23.3. The van der Waals surface area contributed by atoms with Gasteiger partial charge in [0.15, 0.2) is 0 Å². The van der Waals surface area contributed by atoms with Gasteiger partial charge < -0.3 is 25.3 Å². The van der Waals surface area contributed by atoms with E-state index in [0.717, 1.165) is 37.1 Å². The third kappa shape index (κ3) is 7.27. The highest BCUT2D eigenvalue weighted by Crippen LogP contribution is 2.28. The van der Waals surface area contributed by atoms with Gasteiger partial charge in [0.1, 0.15) is 0 Å². The molecule has 1 aliphatic heterocycles. The van der Waals surface area contributed by atoms with Gasteiger partial charge in [-0.25, -0.2) is 4.79 Å². The van der Waals surface area contributed by atoms with Crippen molar-refractivity contribution in [3.8, 4) is 0 Å². The summed E-state index contributed by atoms with van der Waals surface area (Å²) in [5, 5.41) is 5.66. The number of nitrogens with zero attached hydrogens (tertiary/aromatic N) is 3. The Labute approximate surface area is 227 Å². The summed E-state index contributed by atoms with van der Waals surface area (Å²) in [4.78, 5) is 45.2. The summed E-state index contributed by atoms with van der Waals surface area (Å²) in [6.07, 6.45) is 2.41. The minimum Gasteiger partial charge on any atom is -0.369 e. The summed E-state index contributed by atoms with van der Waals surface area (Å²) >= 11 is 0. The van der Waals surface area contributed by atoms with Gasteiger partial charge in [-0.2, -0.15) is 0 Å². The summed E-state index contributed by atoms with van der Waals surface area (Å²) in [5.74, 6) is -0.0423. The molecule has 8 nitrogen and oxygen atoms in total. The van der Waals surface area contributed by atoms with E-state index >= 15 is 0 Å². The van der Waals surface area contributed by atoms with Crippen LogP contribution in [0, 0.1) is 0 Å². The molecule has 1 heterocycles. The van der Waals surface area contributed by atoms with E-state index in [1.54, 1.807) is 11.0 Å². The molecule has 2 aromatic rings. The maximum Gasteiger partial charge on any atom is 0.319 e. The number of anilines is 2. The van der Waals surface area contributed by atoms with Gasteiger partial charge >= 0.3 is 6.03 Å². The highest BCUT2D eigenvalue weighted by molar-refractivity contribution is 6.02. The topological polar surface area (TPSA) is 85.0 Å². The van der Waals surface area contributed by atoms with Crippen molar-refractivity contribution in [2.75, 3.05) is 56.0 Å². The van der Waals surface area contributed by atoms with Crippen LogP contribution in [0.25, 0.3) is 0 Å². The lowest BCUT2D eigenvalue weighted by Crippen LogP contribution is -2.38. The quantitative estimate of drug-likeness (QED) is 0.464. The molecule has 0 spiro atoms. The van der Waals surface area contributed by atoms with Crippen LogP contribution in [0.3, 0.4) is 0 Å². The smallest absolute Gasteiger partial charge is 0.319 e. The number of carbonyl (C=O) groups is 3. The Morgan fingerprint density at radius 1 is 0.921 bits per heavy atom. The van der Waals surface area contributed by atoms with E-state index in [1.807, 2.05) is 68.1 Å². The molecular weight excluding hydrogens is 478 g/mol. The van der Waals surface area contributed by atoms with Gasteiger partial charge in [-0.05, 0) is 56.9 Å². The maximum atomic E-state index is 13.5. The molecule has 1 atom stereocenters. The summed E-state index contributed by atoms with van der Waals surface area (Å²) in [6.45, 7) is 12.4. The molecule has 0 saturated carbocycles. The van der Waals surface area contributed by atoms with Crippen molar-refractivity contribution in [2.24, 2.45) is 0 Å². The molecular formula is C30H43N5O3. The standard InChI is InChI=1S/C30H43N5O3/c1-5-17-31-30(38)32-24-15-16-27(26(22-24)29(37)33(7-3)8-4)34-18-12-19-35(21-20-34)28(36)25(6-2)23-13-10-9-11-14-23/h9-11,13-16,22,25H,5-8,12,17-21H2,1-4H3,(H2,31,32,38)/t25-/m0/s1. The molecule has 4 amide bonds. The Bertz CT molecular complexity index is 1070. The predicted octanol–water partition coefficient (Wildman–Crippen LogP) is 4.93. The van der Waals surface area contributed by atoms with E-state index in [1.165, 1.54) is 0 Å². The average molecular weight is 522 g/mol. The molecule has 0 unspecified atom stereocenters. The third-order valence-corrected chi connectivity index (χ3v) is 7.13. The van der Waals surface area contributed by atoms with Gasteiger partial charge in [-0.15, -0.1) is 0 Å². The summed E-state index contributed by atoms with van der Waals surface area (Å²) < 4.78 is 0. The molecule has 1 saturated heterocycles. The number of rotatable bonds is 10. The van der Waals surface area contributed by atoms with Gasteiger partial charge in [0, 0.05) is 57.2 Å². The van der Waals surface area contributed by atoms with E-state index in [0.29, 0.717) is 50.5 Å². The first-order valence-electron chi connectivity index (χ1n) is 14.0. The molecule has 38 heavy (non-hydrogen) atoms. The van der Waals surface area contributed by atoms with E-state index in [2.05, 4.69) is 22.5 Å². The van der Waals surface area contributed by atoms with Crippen LogP contribution < -0.4 is 15.5 Å². The second kappa shape index (κ2) is 14.4. The van der Waals surface area contributed by atoms with E-state index < -0.39 is 0 Å². The molecule has 0 radical (unpaired) electrons. The molecule has 2 N–H and O–H groups in total. The fourth-order valence-electron chi connectivity index (χ4n) is 4.99. The Kier molecular flexibility index (Phi) is 11.0. The fourth-order valence-corrected chi connectivity index (χ4v) is 4.99. The van der Waals surface area contributed by atoms with Crippen molar-refractivity contribution in [1.82, 2.24) is 15.1 Å². The lowest BCUT2D eigenvalue weighted by Gasteiger charge is -2.29. The van der Waals surface area contributed by atoms with Crippen LogP contribution in [0.2, 0.25) is 0 Å². The number of hydrogen-bond acceptors (Lipinski definition) is 4. The van der Waals surface area contributed by atoms with Gasteiger partial charge in [-0.1, -0.05) is 44.2 Å². The summed E-state index contributed by atoms with van der Waals surface area (Å²) in [5.41, 5.74) is 3.04. The maximum absolute atomic E-state index is 13.5. The fraction of sp³-hybridized carbons (Fsp3) is 0.500.